The van der Waals surface area contributed by atoms with Gasteiger partial charge in [-0.2, -0.15) is 0 Å². The number of anilines is 1. The highest BCUT2D eigenvalue weighted by Gasteiger charge is 2.27. The number of nitrogens with one attached hydrogen (secondary N) is 1. The molecular weight excluding hydrogens is 396 g/mol. The van der Waals surface area contributed by atoms with Crippen LogP contribution in [0.3, 0.4) is 0 Å². The fourth-order valence-corrected chi connectivity index (χ4v) is 4.96. The Bertz CT molecular complexity index is 1180. The Labute approximate surface area is 179 Å². The topological polar surface area (TPSA) is 77.8 Å². The van der Waals surface area contributed by atoms with E-state index in [9.17, 15) is 0 Å². The Kier molecular flexibility index (Phi) is 4.86. The van der Waals surface area contributed by atoms with Crippen molar-refractivity contribution in [3.05, 3.63) is 47.6 Å². The van der Waals surface area contributed by atoms with Gasteiger partial charge in [-0.3, -0.25) is 0 Å². The first-order valence-corrected chi connectivity index (χ1v) is 11.1. The van der Waals surface area contributed by atoms with Crippen LogP contribution in [-0.2, 0) is 13.0 Å². The minimum Gasteiger partial charge on any atom is -0.497 e. The summed E-state index contributed by atoms with van der Waals surface area (Å²) >= 11 is 1.63. The van der Waals surface area contributed by atoms with E-state index in [0.29, 0.717) is 5.92 Å². The lowest BCUT2D eigenvalue weighted by Crippen LogP contribution is -2.22. The van der Waals surface area contributed by atoms with Crippen LogP contribution in [0.2, 0.25) is 0 Å². The van der Waals surface area contributed by atoms with Gasteiger partial charge in [-0.25, -0.2) is 9.97 Å². The van der Waals surface area contributed by atoms with Gasteiger partial charge in [-0.1, -0.05) is 26.0 Å². The van der Waals surface area contributed by atoms with Gasteiger partial charge in [-0.15, -0.1) is 21.5 Å². The minimum atomic E-state index is 0.0195. The summed E-state index contributed by atoms with van der Waals surface area (Å²) in [5.41, 5.74) is 2.24. The molecule has 0 amide bonds. The maximum absolute atomic E-state index is 5.30. The van der Waals surface area contributed by atoms with Crippen molar-refractivity contribution < 1.29 is 4.74 Å². The lowest BCUT2D eigenvalue weighted by atomic mass is 10.0. The Morgan fingerprint density at radius 3 is 2.73 bits per heavy atom. The molecule has 0 radical (unpaired) electrons. The average Bonchev–Trinajstić information content (AvgIpc) is 3.48. The van der Waals surface area contributed by atoms with Crippen molar-refractivity contribution in [1.82, 2.24) is 24.7 Å². The second kappa shape index (κ2) is 7.68. The first-order valence-electron chi connectivity index (χ1n) is 10.2. The van der Waals surface area contributed by atoms with Gasteiger partial charge in [0.25, 0.3) is 0 Å². The predicted octanol–water partition coefficient (Wildman–Crippen LogP) is 4.71. The van der Waals surface area contributed by atoms with Crippen molar-refractivity contribution in [2.45, 2.75) is 39.3 Å². The van der Waals surface area contributed by atoms with Gasteiger partial charge in [0, 0.05) is 23.9 Å². The highest BCUT2D eigenvalue weighted by molar-refractivity contribution is 7.17. The van der Waals surface area contributed by atoms with Crippen LogP contribution in [0.4, 0.5) is 5.82 Å². The van der Waals surface area contributed by atoms with E-state index in [1.807, 2.05) is 12.1 Å². The molecule has 0 saturated carbocycles. The van der Waals surface area contributed by atoms with Crippen LogP contribution < -0.4 is 10.1 Å². The van der Waals surface area contributed by atoms with E-state index in [0.717, 1.165) is 63.9 Å². The zero-order valence-corrected chi connectivity index (χ0v) is 18.1. The zero-order chi connectivity index (χ0) is 20.7. The van der Waals surface area contributed by atoms with Gasteiger partial charge in [0.15, 0.2) is 5.82 Å². The SMILES string of the molecule is COc1ccc(-c2csc3ncnc(NC(c4nnc5n4CCC5)C(C)C)c23)cc1. The fraction of sp³-hybridized carbons (Fsp3) is 0.364. The van der Waals surface area contributed by atoms with Crippen LogP contribution in [0.1, 0.15) is 38.0 Å². The third kappa shape index (κ3) is 3.21. The third-order valence-corrected chi connectivity index (χ3v) is 6.53. The van der Waals surface area contributed by atoms with Crippen LogP contribution in [0, 0.1) is 5.92 Å². The van der Waals surface area contributed by atoms with Gasteiger partial charge in [0.1, 0.15) is 28.5 Å². The highest BCUT2D eigenvalue weighted by Crippen LogP contribution is 2.39. The van der Waals surface area contributed by atoms with Gasteiger partial charge in [0.05, 0.1) is 18.5 Å². The first kappa shape index (κ1) is 19.0. The van der Waals surface area contributed by atoms with Gasteiger partial charge < -0.3 is 14.6 Å². The Hall–Kier alpha value is -3.00. The molecule has 1 atom stereocenters. The molecule has 0 saturated heterocycles. The quantitative estimate of drug-likeness (QED) is 0.487. The summed E-state index contributed by atoms with van der Waals surface area (Å²) in [4.78, 5) is 10.1. The Balaban J connectivity index is 1.57. The minimum absolute atomic E-state index is 0.0195. The van der Waals surface area contributed by atoms with Crippen LogP contribution >= 0.6 is 11.3 Å². The lowest BCUT2D eigenvalue weighted by molar-refractivity contribution is 0.415. The number of aromatic nitrogens is 5. The molecule has 154 valence electrons. The molecule has 1 aliphatic heterocycles. The zero-order valence-electron chi connectivity index (χ0n) is 17.3. The summed E-state index contributed by atoms with van der Waals surface area (Å²) in [6, 6.07) is 8.12. The van der Waals surface area contributed by atoms with Crippen LogP contribution in [0.25, 0.3) is 21.3 Å². The van der Waals surface area contributed by atoms with Crippen molar-refractivity contribution in [3.8, 4) is 16.9 Å². The number of benzene rings is 1. The van der Waals surface area contributed by atoms with E-state index in [2.05, 4.69) is 61.4 Å². The number of ether oxygens (including phenoxy) is 1. The summed E-state index contributed by atoms with van der Waals surface area (Å²) in [6.07, 6.45) is 3.76. The summed E-state index contributed by atoms with van der Waals surface area (Å²) in [7, 11) is 1.68. The van der Waals surface area contributed by atoms with Crippen molar-refractivity contribution in [3.63, 3.8) is 0 Å². The number of thiophene rings is 1. The molecule has 3 aromatic heterocycles. The number of fused-ring (bicyclic) bond motifs is 2. The summed E-state index contributed by atoms with van der Waals surface area (Å²) in [6.45, 7) is 5.38. The molecule has 5 rings (SSSR count). The Morgan fingerprint density at radius 1 is 1.13 bits per heavy atom. The standard InChI is InChI=1S/C22H24N6OS/c1-13(2)19(21-27-26-17-5-4-10-28(17)21)25-20-18-16(11-30-22(18)24-12-23-20)14-6-8-15(29-3)9-7-14/h6-9,11-13,19H,4-5,10H2,1-3H3,(H,23,24,25). The van der Waals surface area contributed by atoms with Crippen molar-refractivity contribution in [2.24, 2.45) is 5.92 Å². The van der Waals surface area contributed by atoms with Gasteiger partial charge in [0.2, 0.25) is 0 Å². The Morgan fingerprint density at radius 2 is 1.97 bits per heavy atom. The fourth-order valence-electron chi connectivity index (χ4n) is 4.05. The molecule has 0 spiro atoms. The van der Waals surface area contributed by atoms with E-state index in [4.69, 9.17) is 4.74 Å². The van der Waals surface area contributed by atoms with E-state index < -0.39 is 0 Å². The number of nitrogens with zero attached hydrogens (tertiary/aromatic N) is 5. The van der Waals surface area contributed by atoms with E-state index in [1.165, 1.54) is 0 Å². The van der Waals surface area contributed by atoms with Crippen molar-refractivity contribution in [1.29, 1.82) is 0 Å². The van der Waals surface area contributed by atoms with Crippen LogP contribution in [-0.4, -0.2) is 31.8 Å². The molecule has 0 aliphatic carbocycles. The highest BCUT2D eigenvalue weighted by atomic mass is 32.1. The number of rotatable bonds is 6. The lowest BCUT2D eigenvalue weighted by Gasteiger charge is -2.23. The second-order valence-electron chi connectivity index (χ2n) is 7.88. The molecule has 8 heteroatoms. The number of hydrogen-bond donors (Lipinski definition) is 1. The molecule has 0 bridgehead atoms. The van der Waals surface area contributed by atoms with Crippen molar-refractivity contribution in [2.75, 3.05) is 12.4 Å². The molecule has 4 heterocycles. The van der Waals surface area contributed by atoms with Crippen LogP contribution in [0.5, 0.6) is 5.75 Å². The molecular formula is C22H24N6OS. The third-order valence-electron chi connectivity index (χ3n) is 5.65. The molecule has 30 heavy (non-hydrogen) atoms. The summed E-state index contributed by atoms with van der Waals surface area (Å²) < 4.78 is 7.56. The number of aryl methyl sites for hydroxylation is 1. The average molecular weight is 421 g/mol. The second-order valence-corrected chi connectivity index (χ2v) is 8.73. The summed E-state index contributed by atoms with van der Waals surface area (Å²) in [5.74, 6) is 4.08. The molecule has 1 N–H and O–H groups in total. The summed E-state index contributed by atoms with van der Waals surface area (Å²) in [5, 5.41) is 15.8. The number of hydrogen-bond acceptors (Lipinski definition) is 7. The monoisotopic (exact) mass is 420 g/mol. The number of methoxy groups -OCH3 is 1. The first-order chi connectivity index (χ1) is 14.7. The molecule has 1 aliphatic rings. The molecule has 0 fully saturated rings. The predicted molar refractivity (Wildman–Crippen MR) is 119 cm³/mol. The van der Waals surface area contributed by atoms with Gasteiger partial charge >= 0.3 is 0 Å². The van der Waals surface area contributed by atoms with E-state index >= 15 is 0 Å². The van der Waals surface area contributed by atoms with Crippen molar-refractivity contribution >= 4 is 27.4 Å². The smallest absolute Gasteiger partial charge is 0.155 e. The maximum Gasteiger partial charge on any atom is 0.155 e. The van der Waals surface area contributed by atoms with E-state index in [-0.39, 0.29) is 6.04 Å². The molecule has 1 aromatic carbocycles. The van der Waals surface area contributed by atoms with Crippen LogP contribution in [0.15, 0.2) is 36.0 Å². The molecule has 4 aromatic rings. The van der Waals surface area contributed by atoms with E-state index in [1.54, 1.807) is 24.8 Å². The van der Waals surface area contributed by atoms with Gasteiger partial charge in [-0.05, 0) is 30.0 Å². The largest absolute Gasteiger partial charge is 0.497 e. The normalized spacial score (nSPS) is 14.3. The molecule has 1 unspecified atom stereocenters. The molecule has 7 nitrogen and oxygen atoms in total. The maximum atomic E-state index is 5.30.